The molecule has 0 spiro atoms. The normalized spacial score (nSPS) is 15.6. The molecule has 0 aliphatic carbocycles. The average Bonchev–Trinajstić information content (AvgIpc) is 1.86. The van der Waals surface area contributed by atoms with Gasteiger partial charge in [-0.05, 0) is 6.92 Å². The summed E-state index contributed by atoms with van der Waals surface area (Å²) in [5, 5.41) is 8.58. The van der Waals surface area contributed by atoms with E-state index in [2.05, 4.69) is 4.74 Å². The molecule has 0 heterocycles. The molecule has 11 heavy (non-hydrogen) atoms. The van der Waals surface area contributed by atoms with E-state index in [0.717, 1.165) is 0 Å². The Bertz CT molecular complexity index is 125. The number of aliphatic hydroxyl groups excluding tert-OH is 1. The molecule has 0 rings (SSSR count). The molecule has 3 nitrogen and oxygen atoms in total. The standard InChI is InChI=1S/C7H13ClO3/c1-5(9)7(8)3-4-11-6(2)10/h5,7,9H,3-4H2,1-2H3. The van der Waals surface area contributed by atoms with E-state index >= 15 is 0 Å². The van der Waals surface area contributed by atoms with Crippen molar-refractivity contribution in [3.8, 4) is 0 Å². The third-order valence-corrected chi connectivity index (χ3v) is 1.81. The maximum Gasteiger partial charge on any atom is 0.302 e. The van der Waals surface area contributed by atoms with Crippen LogP contribution in [-0.2, 0) is 9.53 Å². The van der Waals surface area contributed by atoms with Crippen molar-refractivity contribution in [2.75, 3.05) is 6.61 Å². The average molecular weight is 181 g/mol. The second-order valence-electron chi connectivity index (χ2n) is 2.39. The minimum atomic E-state index is -0.563. The summed E-state index contributed by atoms with van der Waals surface area (Å²) in [6, 6.07) is 0. The van der Waals surface area contributed by atoms with Gasteiger partial charge >= 0.3 is 5.97 Å². The molecule has 2 unspecified atom stereocenters. The topological polar surface area (TPSA) is 46.5 Å². The number of alkyl halides is 1. The molecule has 0 aromatic rings. The lowest BCUT2D eigenvalue weighted by atomic mass is 10.2. The summed E-state index contributed by atoms with van der Waals surface area (Å²) in [6.45, 7) is 3.21. The molecule has 2 atom stereocenters. The molecule has 0 radical (unpaired) electrons. The van der Waals surface area contributed by atoms with Gasteiger partial charge in [-0.3, -0.25) is 4.79 Å². The number of esters is 1. The molecule has 1 N–H and O–H groups in total. The molecular weight excluding hydrogens is 168 g/mol. The van der Waals surface area contributed by atoms with Gasteiger partial charge in [-0.2, -0.15) is 0 Å². The van der Waals surface area contributed by atoms with Crippen LogP contribution in [-0.4, -0.2) is 29.2 Å². The van der Waals surface area contributed by atoms with E-state index < -0.39 is 6.10 Å². The van der Waals surface area contributed by atoms with Crippen LogP contribution < -0.4 is 0 Å². The van der Waals surface area contributed by atoms with E-state index in [0.29, 0.717) is 6.42 Å². The third kappa shape index (κ3) is 6.13. The molecule has 0 aromatic heterocycles. The lowest BCUT2D eigenvalue weighted by Crippen LogP contribution is -2.19. The fourth-order valence-electron chi connectivity index (χ4n) is 0.556. The third-order valence-electron chi connectivity index (χ3n) is 1.22. The van der Waals surface area contributed by atoms with Gasteiger partial charge in [0.25, 0.3) is 0 Å². The second kappa shape index (κ2) is 5.38. The first-order valence-corrected chi connectivity index (χ1v) is 3.93. The highest BCUT2D eigenvalue weighted by molar-refractivity contribution is 6.20. The first-order chi connectivity index (χ1) is 5.04. The molecular formula is C7H13ClO3. The van der Waals surface area contributed by atoms with E-state index in [9.17, 15) is 4.79 Å². The first-order valence-electron chi connectivity index (χ1n) is 3.49. The van der Waals surface area contributed by atoms with Crippen molar-refractivity contribution in [3.05, 3.63) is 0 Å². The highest BCUT2D eigenvalue weighted by atomic mass is 35.5. The van der Waals surface area contributed by atoms with Gasteiger partial charge in [0.2, 0.25) is 0 Å². The van der Waals surface area contributed by atoms with Gasteiger partial charge in [0, 0.05) is 13.3 Å². The van der Waals surface area contributed by atoms with Gasteiger partial charge < -0.3 is 9.84 Å². The van der Waals surface area contributed by atoms with E-state index in [4.69, 9.17) is 16.7 Å². The van der Waals surface area contributed by atoms with Crippen LogP contribution in [0.4, 0.5) is 0 Å². The summed E-state index contributed by atoms with van der Waals surface area (Å²) < 4.78 is 4.63. The summed E-state index contributed by atoms with van der Waals surface area (Å²) in [7, 11) is 0. The van der Waals surface area contributed by atoms with Crippen LogP contribution in [0.15, 0.2) is 0 Å². The highest BCUT2D eigenvalue weighted by Crippen LogP contribution is 2.06. The number of carbonyl (C=O) groups is 1. The Labute approximate surface area is 71.3 Å². The van der Waals surface area contributed by atoms with Crippen molar-refractivity contribution in [3.63, 3.8) is 0 Å². The number of aliphatic hydroxyl groups is 1. The van der Waals surface area contributed by atoms with Crippen LogP contribution in [0.5, 0.6) is 0 Å². The van der Waals surface area contributed by atoms with Crippen LogP contribution in [0.25, 0.3) is 0 Å². The Kier molecular flexibility index (Phi) is 5.24. The molecule has 0 saturated heterocycles. The van der Waals surface area contributed by atoms with Crippen LogP contribution in [0.1, 0.15) is 20.3 Å². The zero-order valence-electron chi connectivity index (χ0n) is 6.71. The minimum absolute atomic E-state index is 0.272. The van der Waals surface area contributed by atoms with Gasteiger partial charge in [-0.1, -0.05) is 0 Å². The Morgan fingerprint density at radius 3 is 2.64 bits per heavy atom. The zero-order chi connectivity index (χ0) is 8.85. The fraction of sp³-hybridized carbons (Fsp3) is 0.857. The molecule has 0 fully saturated rings. The summed E-state index contributed by atoms with van der Waals surface area (Å²) in [4.78, 5) is 10.3. The quantitative estimate of drug-likeness (QED) is 0.517. The zero-order valence-corrected chi connectivity index (χ0v) is 7.47. The maximum absolute atomic E-state index is 10.3. The molecule has 4 heteroatoms. The van der Waals surface area contributed by atoms with Gasteiger partial charge in [0.15, 0.2) is 0 Å². The van der Waals surface area contributed by atoms with Gasteiger partial charge in [0.1, 0.15) is 0 Å². The van der Waals surface area contributed by atoms with Crippen molar-refractivity contribution in [2.45, 2.75) is 31.7 Å². The molecule has 0 amide bonds. The van der Waals surface area contributed by atoms with Crippen molar-refractivity contribution in [2.24, 2.45) is 0 Å². The van der Waals surface area contributed by atoms with Gasteiger partial charge in [-0.15, -0.1) is 11.6 Å². The molecule has 0 aliphatic rings. The summed E-state index contributed by atoms with van der Waals surface area (Å²) in [6.07, 6.45) is -0.0778. The number of halogens is 1. The van der Waals surface area contributed by atoms with Crippen LogP contribution in [0.3, 0.4) is 0 Å². The molecule has 66 valence electrons. The van der Waals surface area contributed by atoms with Crippen LogP contribution >= 0.6 is 11.6 Å². The summed E-state index contributed by atoms with van der Waals surface area (Å²) in [5.41, 5.74) is 0. The Hall–Kier alpha value is -0.280. The minimum Gasteiger partial charge on any atom is -0.466 e. The molecule has 0 bridgehead atoms. The maximum atomic E-state index is 10.3. The lowest BCUT2D eigenvalue weighted by molar-refractivity contribution is -0.141. The highest BCUT2D eigenvalue weighted by Gasteiger charge is 2.10. The Balaban J connectivity index is 3.31. The number of hydrogen-bond donors (Lipinski definition) is 1. The van der Waals surface area contributed by atoms with E-state index in [1.165, 1.54) is 6.92 Å². The van der Waals surface area contributed by atoms with Crippen molar-refractivity contribution in [1.82, 2.24) is 0 Å². The number of rotatable bonds is 4. The van der Waals surface area contributed by atoms with Crippen LogP contribution in [0, 0.1) is 0 Å². The van der Waals surface area contributed by atoms with E-state index in [-0.39, 0.29) is 18.0 Å². The van der Waals surface area contributed by atoms with E-state index in [1.807, 2.05) is 0 Å². The predicted octanol–water partition coefficient (Wildman–Crippen LogP) is 0.928. The largest absolute Gasteiger partial charge is 0.466 e. The smallest absolute Gasteiger partial charge is 0.302 e. The Morgan fingerprint density at radius 1 is 1.73 bits per heavy atom. The summed E-state index contributed by atoms with van der Waals surface area (Å²) in [5.74, 6) is -0.320. The molecule has 0 aromatic carbocycles. The number of hydrogen-bond acceptors (Lipinski definition) is 3. The van der Waals surface area contributed by atoms with Crippen LogP contribution in [0.2, 0.25) is 0 Å². The van der Waals surface area contributed by atoms with Gasteiger partial charge in [0.05, 0.1) is 18.1 Å². The summed E-state index contributed by atoms with van der Waals surface area (Å²) >= 11 is 5.66. The van der Waals surface area contributed by atoms with Gasteiger partial charge in [-0.25, -0.2) is 0 Å². The number of carbonyl (C=O) groups excluding carboxylic acids is 1. The number of ether oxygens (including phenoxy) is 1. The Morgan fingerprint density at radius 2 is 2.27 bits per heavy atom. The van der Waals surface area contributed by atoms with Crippen molar-refractivity contribution in [1.29, 1.82) is 0 Å². The molecule has 0 saturated carbocycles. The van der Waals surface area contributed by atoms with Crippen molar-refractivity contribution < 1.29 is 14.6 Å². The second-order valence-corrected chi connectivity index (χ2v) is 2.95. The predicted molar refractivity (Wildman–Crippen MR) is 42.6 cm³/mol. The first kappa shape index (κ1) is 10.7. The molecule has 0 aliphatic heterocycles. The lowest BCUT2D eigenvalue weighted by Gasteiger charge is -2.11. The monoisotopic (exact) mass is 180 g/mol. The van der Waals surface area contributed by atoms with E-state index in [1.54, 1.807) is 6.92 Å². The van der Waals surface area contributed by atoms with Crippen molar-refractivity contribution >= 4 is 17.6 Å². The SMILES string of the molecule is CC(=O)OCCC(Cl)C(C)O. The fourth-order valence-corrected chi connectivity index (χ4v) is 0.646.